The van der Waals surface area contributed by atoms with Crippen molar-refractivity contribution in [1.82, 2.24) is 14.5 Å². The first-order valence-corrected chi connectivity index (χ1v) is 34.5. The van der Waals surface area contributed by atoms with Gasteiger partial charge in [-0.3, -0.25) is 9.97 Å². The van der Waals surface area contributed by atoms with Crippen molar-refractivity contribution in [2.75, 3.05) is 9.80 Å². The number of hydrogen-bond acceptors (Lipinski definition) is 4. The maximum Gasteiger partial charge on any atom is 0.252 e. The Bertz CT molecular complexity index is 5400. The van der Waals surface area contributed by atoms with Crippen molar-refractivity contribution < 1.29 is 9.60 Å². The number of aryl methyl sites for hydroxylation is 1. The second-order valence-electron chi connectivity index (χ2n) is 31.1. The van der Waals surface area contributed by atoms with Crippen molar-refractivity contribution in [2.24, 2.45) is 0 Å². The SMILES string of the molecule is [2H]c1c([2H])c([2H])c2c(c1[2H])c1cc(C([2H])([2H])[2H])ccc1n2-c1cc2c3c(c1)N(c1c(-c4ccccc4)cncc1-c1ccccc1)c1cc(-c4cc(C(C)(C)C)cc(C(C)(C)C)c4)ccc1B3c1ccc(-c3cc(C(C)(C)C)cc(C(C)(C)C)c3)cc1N2c1c(-c2ccccc2)cncc1-c1ccccc1. The lowest BCUT2D eigenvalue weighted by molar-refractivity contribution is 0.568. The number of benzene rings is 11. The molecule has 11 aromatic carbocycles. The first-order chi connectivity index (χ1) is 50.4. The third kappa shape index (κ3) is 11.1. The standard InChI is InChI=1S/C93H84BN5/c1-59-38-43-82-74(44-59)73-36-26-27-37-81(73)97(82)72-53-85-87-86(54-72)99(89-77(62-32-22-16-23-33-62)57-96-58-78(89)63-34-24-17-25-35-63)84-50-65(67-47-70(92(8,9)10)52-71(48-67)93(11,12)13)40-42-80(84)94(87)79-41-39-64(66-45-68(90(2,3)4)51-69(46-66)91(5,6)7)49-83(79)98(85)88-75(60-28-18-14-19-29-60)55-95-56-76(88)61-30-20-15-21-31-61/h14-58H,1-13H3/i1D3,26D,27D,36D,37D. The van der Waals surface area contributed by atoms with Crippen LogP contribution in [0.15, 0.2) is 273 Å². The summed E-state index contributed by atoms with van der Waals surface area (Å²) in [5.41, 5.74) is 25.3. The molecular weight excluding hydrogens is 1200 g/mol. The zero-order valence-corrected chi connectivity index (χ0v) is 58.5. The molecule has 5 heterocycles. The molecule has 0 saturated carbocycles. The van der Waals surface area contributed by atoms with Gasteiger partial charge in [0.15, 0.2) is 0 Å². The molecular formula is C93H84BN5. The van der Waals surface area contributed by atoms with E-state index in [1.165, 1.54) is 22.3 Å². The van der Waals surface area contributed by atoms with Gasteiger partial charge in [-0.05, 0) is 154 Å². The van der Waals surface area contributed by atoms with Gasteiger partial charge in [0.1, 0.15) is 0 Å². The van der Waals surface area contributed by atoms with Crippen molar-refractivity contribution in [1.29, 1.82) is 0 Å². The molecule has 0 bridgehead atoms. The Hall–Kier alpha value is -10.8. The molecule has 14 aromatic rings. The van der Waals surface area contributed by atoms with E-state index in [-0.39, 0.29) is 50.2 Å². The van der Waals surface area contributed by atoms with Crippen LogP contribution in [0.1, 0.15) is 120 Å². The number of rotatable bonds is 9. The Morgan fingerprint density at radius 3 is 1.10 bits per heavy atom. The molecule has 99 heavy (non-hydrogen) atoms. The van der Waals surface area contributed by atoms with E-state index in [4.69, 9.17) is 14.1 Å². The fourth-order valence-electron chi connectivity index (χ4n) is 15.0. The first-order valence-electron chi connectivity index (χ1n) is 38.0. The fourth-order valence-corrected chi connectivity index (χ4v) is 15.0. The topological polar surface area (TPSA) is 37.2 Å². The maximum atomic E-state index is 10.2. The summed E-state index contributed by atoms with van der Waals surface area (Å²) >= 11 is 0. The molecule has 0 saturated heterocycles. The highest BCUT2D eigenvalue weighted by atomic mass is 15.2. The zero-order valence-electron chi connectivity index (χ0n) is 65.5. The minimum Gasteiger partial charge on any atom is -0.310 e. The molecule has 2 aliphatic heterocycles. The van der Waals surface area contributed by atoms with Crippen LogP contribution in [0.2, 0.25) is 0 Å². The normalized spacial score (nSPS) is 14.2. The first kappa shape index (κ1) is 55.2. The summed E-state index contributed by atoms with van der Waals surface area (Å²) in [6.07, 6.45) is 7.93. The number of hydrogen-bond donors (Lipinski definition) is 0. The lowest BCUT2D eigenvalue weighted by Gasteiger charge is -2.46. The summed E-state index contributed by atoms with van der Waals surface area (Å²) in [6.45, 7) is 24.4. The molecule has 0 aliphatic carbocycles. The molecule has 0 spiro atoms. The smallest absolute Gasteiger partial charge is 0.252 e. The molecule has 0 fully saturated rings. The Kier molecular flexibility index (Phi) is 13.2. The van der Waals surface area contributed by atoms with Crippen molar-refractivity contribution >= 4 is 79.0 Å². The van der Waals surface area contributed by atoms with Gasteiger partial charge in [-0.2, -0.15) is 0 Å². The highest BCUT2D eigenvalue weighted by Crippen LogP contribution is 2.54. The summed E-state index contributed by atoms with van der Waals surface area (Å²) in [7, 11) is 0. The van der Waals surface area contributed by atoms with Crippen molar-refractivity contribution in [2.45, 2.75) is 112 Å². The van der Waals surface area contributed by atoms with Crippen LogP contribution in [0.3, 0.4) is 0 Å². The van der Waals surface area contributed by atoms with Crippen LogP contribution in [0.4, 0.5) is 34.1 Å². The zero-order chi connectivity index (χ0) is 74.4. The van der Waals surface area contributed by atoms with Gasteiger partial charge in [-0.1, -0.05) is 295 Å². The highest BCUT2D eigenvalue weighted by Gasteiger charge is 2.46. The van der Waals surface area contributed by atoms with E-state index < -0.39 is 25.6 Å². The molecule has 0 unspecified atom stereocenters. The van der Waals surface area contributed by atoms with Gasteiger partial charge in [0.2, 0.25) is 0 Å². The quantitative estimate of drug-likeness (QED) is 0.135. The summed E-state index contributed by atoms with van der Waals surface area (Å²) in [4.78, 5) is 15.2. The predicted molar refractivity (Wildman–Crippen MR) is 423 cm³/mol. The van der Waals surface area contributed by atoms with Crippen LogP contribution in [-0.4, -0.2) is 21.2 Å². The molecule has 2 aliphatic rings. The van der Waals surface area contributed by atoms with Crippen molar-refractivity contribution in [3.05, 3.63) is 301 Å². The van der Waals surface area contributed by atoms with E-state index in [9.17, 15) is 5.48 Å². The summed E-state index contributed by atoms with van der Waals surface area (Å²) in [5.74, 6) is 0. The Balaban J connectivity index is 1.14. The number of fused-ring (bicyclic) bond motifs is 7. The summed E-state index contributed by atoms with van der Waals surface area (Å²) in [6, 6.07) is 78.3. The molecule has 0 atom stereocenters. The molecule has 0 radical (unpaired) electrons. The lowest BCUT2D eigenvalue weighted by atomic mass is 9.33. The Morgan fingerprint density at radius 2 is 0.727 bits per heavy atom. The molecule has 6 heteroatoms. The number of pyridine rings is 2. The molecule has 484 valence electrons. The maximum absolute atomic E-state index is 10.2. The third-order valence-electron chi connectivity index (χ3n) is 20.3. The molecule has 16 rings (SSSR count). The Labute approximate surface area is 595 Å². The van der Waals surface area contributed by atoms with Crippen LogP contribution in [0.5, 0.6) is 0 Å². The van der Waals surface area contributed by atoms with E-state index in [1.54, 1.807) is 18.2 Å². The van der Waals surface area contributed by atoms with E-state index in [1.807, 2.05) is 53.6 Å². The molecule has 5 nitrogen and oxygen atoms in total. The summed E-state index contributed by atoms with van der Waals surface area (Å²) < 4.78 is 67.1. The monoisotopic (exact) mass is 1290 g/mol. The number of aromatic nitrogens is 3. The van der Waals surface area contributed by atoms with Crippen LogP contribution < -0.4 is 26.2 Å². The van der Waals surface area contributed by atoms with E-state index in [2.05, 4.69) is 275 Å². The minimum atomic E-state index is -2.54. The van der Waals surface area contributed by atoms with Gasteiger partial charge in [0.05, 0.1) is 33.6 Å². The largest absolute Gasteiger partial charge is 0.310 e. The van der Waals surface area contributed by atoms with Crippen LogP contribution in [0.25, 0.3) is 94.3 Å². The van der Waals surface area contributed by atoms with Crippen LogP contribution in [-0.2, 0) is 21.7 Å². The fraction of sp³-hybridized carbons (Fsp3) is 0.183. The van der Waals surface area contributed by atoms with Crippen molar-refractivity contribution in [3.63, 3.8) is 0 Å². The van der Waals surface area contributed by atoms with Gasteiger partial charge >= 0.3 is 0 Å². The van der Waals surface area contributed by atoms with Crippen LogP contribution in [0, 0.1) is 6.85 Å². The number of nitrogens with zero attached hydrogens (tertiary/aromatic N) is 5. The van der Waals surface area contributed by atoms with Gasteiger partial charge in [0, 0.05) is 84.7 Å². The minimum absolute atomic E-state index is 0.0523. The van der Waals surface area contributed by atoms with Crippen LogP contribution >= 0.6 is 0 Å². The van der Waals surface area contributed by atoms with Gasteiger partial charge in [-0.25, -0.2) is 0 Å². The van der Waals surface area contributed by atoms with E-state index >= 15 is 0 Å². The van der Waals surface area contributed by atoms with Gasteiger partial charge < -0.3 is 14.4 Å². The van der Waals surface area contributed by atoms with Crippen molar-refractivity contribution in [3.8, 4) is 72.4 Å². The highest BCUT2D eigenvalue weighted by molar-refractivity contribution is 7.00. The van der Waals surface area contributed by atoms with Gasteiger partial charge in [0.25, 0.3) is 6.71 Å². The number of para-hydroxylation sites is 1. The van der Waals surface area contributed by atoms with E-state index in [0.29, 0.717) is 16.6 Å². The molecule has 0 amide bonds. The summed E-state index contributed by atoms with van der Waals surface area (Å²) in [5, 5.41) is 0.601. The lowest BCUT2D eigenvalue weighted by Crippen LogP contribution is -2.61. The molecule has 0 N–H and O–H groups in total. The number of anilines is 6. The predicted octanol–water partition coefficient (Wildman–Crippen LogP) is 23.2. The average molecular weight is 1290 g/mol. The molecule has 3 aromatic heterocycles. The second-order valence-corrected chi connectivity index (χ2v) is 31.1. The second kappa shape index (κ2) is 23.7. The Morgan fingerprint density at radius 1 is 0.343 bits per heavy atom. The van der Waals surface area contributed by atoms with E-state index in [0.717, 1.165) is 117 Å². The third-order valence-corrected chi connectivity index (χ3v) is 20.3. The average Bonchev–Trinajstić information content (AvgIpc) is 0.811. The van der Waals surface area contributed by atoms with Gasteiger partial charge in [-0.15, -0.1) is 0 Å².